The molecular formula is C12H24N2O2. The molecule has 0 unspecified atom stereocenters. The highest BCUT2D eigenvalue weighted by Crippen LogP contribution is 2.16. The SMILES string of the molecule is CC(C)[C@H](C)C(=O)C[C@@H](C)C(=O)NCCN. The van der Waals surface area contributed by atoms with Crippen molar-refractivity contribution in [3.05, 3.63) is 0 Å². The lowest BCUT2D eigenvalue weighted by molar-refractivity contribution is -0.130. The predicted octanol–water partition coefficient (Wildman–Crippen LogP) is 0.949. The topological polar surface area (TPSA) is 72.2 Å². The number of ketones is 1. The summed E-state index contributed by atoms with van der Waals surface area (Å²) >= 11 is 0. The Labute approximate surface area is 98.0 Å². The van der Waals surface area contributed by atoms with Gasteiger partial charge < -0.3 is 11.1 Å². The summed E-state index contributed by atoms with van der Waals surface area (Å²) in [4.78, 5) is 23.3. The Morgan fingerprint density at radius 1 is 1.19 bits per heavy atom. The van der Waals surface area contributed by atoms with Crippen LogP contribution in [0.3, 0.4) is 0 Å². The van der Waals surface area contributed by atoms with Gasteiger partial charge in [-0.15, -0.1) is 0 Å². The van der Waals surface area contributed by atoms with E-state index in [4.69, 9.17) is 5.73 Å². The average Bonchev–Trinajstić information content (AvgIpc) is 2.24. The van der Waals surface area contributed by atoms with Gasteiger partial charge in [0.25, 0.3) is 0 Å². The number of carbonyl (C=O) groups excluding carboxylic acids is 2. The summed E-state index contributed by atoms with van der Waals surface area (Å²) in [7, 11) is 0. The zero-order chi connectivity index (χ0) is 12.7. The molecule has 0 rings (SSSR count). The predicted molar refractivity (Wildman–Crippen MR) is 64.9 cm³/mol. The van der Waals surface area contributed by atoms with Crippen LogP contribution in [0.2, 0.25) is 0 Å². The molecule has 0 aromatic carbocycles. The minimum Gasteiger partial charge on any atom is -0.355 e. The molecule has 0 aromatic rings. The molecule has 4 heteroatoms. The van der Waals surface area contributed by atoms with Gasteiger partial charge in [0.2, 0.25) is 5.91 Å². The van der Waals surface area contributed by atoms with Crippen LogP contribution < -0.4 is 11.1 Å². The summed E-state index contributed by atoms with van der Waals surface area (Å²) in [6.45, 7) is 8.61. The maximum Gasteiger partial charge on any atom is 0.223 e. The van der Waals surface area contributed by atoms with E-state index >= 15 is 0 Å². The molecule has 0 spiro atoms. The third kappa shape index (κ3) is 5.26. The molecule has 0 fully saturated rings. The van der Waals surface area contributed by atoms with Crippen molar-refractivity contribution >= 4 is 11.7 Å². The van der Waals surface area contributed by atoms with Crippen molar-refractivity contribution in [2.45, 2.75) is 34.1 Å². The Balaban J connectivity index is 4.08. The molecule has 0 aromatic heterocycles. The first kappa shape index (κ1) is 15.1. The Hall–Kier alpha value is -0.900. The molecule has 0 aliphatic heterocycles. The molecule has 0 aliphatic carbocycles. The number of nitrogens with one attached hydrogen (secondary N) is 1. The van der Waals surface area contributed by atoms with Crippen LogP contribution in [0.4, 0.5) is 0 Å². The van der Waals surface area contributed by atoms with Crippen molar-refractivity contribution in [3.8, 4) is 0 Å². The number of Topliss-reactive ketones (excluding diaryl/α,β-unsaturated/α-hetero) is 1. The zero-order valence-electron chi connectivity index (χ0n) is 10.7. The van der Waals surface area contributed by atoms with Crippen molar-refractivity contribution in [2.24, 2.45) is 23.5 Å². The third-order valence-corrected chi connectivity index (χ3v) is 2.91. The van der Waals surface area contributed by atoms with Gasteiger partial charge in [-0.25, -0.2) is 0 Å². The molecule has 0 saturated heterocycles. The first-order valence-electron chi connectivity index (χ1n) is 5.90. The Kier molecular flexibility index (Phi) is 6.97. The van der Waals surface area contributed by atoms with Gasteiger partial charge in [-0.3, -0.25) is 9.59 Å². The Morgan fingerprint density at radius 2 is 1.75 bits per heavy atom. The molecule has 1 amide bonds. The summed E-state index contributed by atoms with van der Waals surface area (Å²) in [5.74, 6) is 0.150. The molecule has 4 nitrogen and oxygen atoms in total. The summed E-state index contributed by atoms with van der Waals surface area (Å²) in [5.41, 5.74) is 5.28. The van der Waals surface area contributed by atoms with Gasteiger partial charge in [-0.1, -0.05) is 27.7 Å². The van der Waals surface area contributed by atoms with E-state index in [2.05, 4.69) is 5.32 Å². The highest BCUT2D eigenvalue weighted by Gasteiger charge is 2.22. The summed E-state index contributed by atoms with van der Waals surface area (Å²) in [6.07, 6.45) is 0.315. The number of hydrogen-bond donors (Lipinski definition) is 2. The average molecular weight is 228 g/mol. The number of amides is 1. The smallest absolute Gasteiger partial charge is 0.223 e. The molecule has 3 N–H and O–H groups in total. The van der Waals surface area contributed by atoms with Crippen LogP contribution in [0.25, 0.3) is 0 Å². The van der Waals surface area contributed by atoms with E-state index in [-0.39, 0.29) is 23.5 Å². The van der Waals surface area contributed by atoms with E-state index in [1.165, 1.54) is 0 Å². The van der Waals surface area contributed by atoms with Gasteiger partial charge >= 0.3 is 0 Å². The van der Waals surface area contributed by atoms with Gasteiger partial charge in [0.15, 0.2) is 0 Å². The van der Waals surface area contributed by atoms with E-state index < -0.39 is 0 Å². The lowest BCUT2D eigenvalue weighted by atomic mass is 9.88. The van der Waals surface area contributed by atoms with Crippen molar-refractivity contribution < 1.29 is 9.59 Å². The zero-order valence-corrected chi connectivity index (χ0v) is 10.7. The number of rotatable bonds is 7. The van der Waals surface area contributed by atoms with Crippen LogP contribution >= 0.6 is 0 Å². The van der Waals surface area contributed by atoms with E-state index in [9.17, 15) is 9.59 Å². The van der Waals surface area contributed by atoms with Gasteiger partial charge in [0, 0.05) is 31.3 Å². The fourth-order valence-corrected chi connectivity index (χ4v) is 1.32. The van der Waals surface area contributed by atoms with Crippen molar-refractivity contribution in [1.82, 2.24) is 5.32 Å². The van der Waals surface area contributed by atoms with Gasteiger partial charge in [-0.2, -0.15) is 0 Å². The monoisotopic (exact) mass is 228 g/mol. The number of carbonyl (C=O) groups is 2. The van der Waals surface area contributed by atoms with Crippen molar-refractivity contribution in [1.29, 1.82) is 0 Å². The van der Waals surface area contributed by atoms with E-state index in [0.29, 0.717) is 25.4 Å². The molecule has 0 aliphatic rings. The number of nitrogens with two attached hydrogens (primary N) is 1. The van der Waals surface area contributed by atoms with Crippen LogP contribution in [0.1, 0.15) is 34.1 Å². The lowest BCUT2D eigenvalue weighted by Crippen LogP contribution is -2.34. The fraction of sp³-hybridized carbons (Fsp3) is 0.833. The van der Waals surface area contributed by atoms with E-state index in [1.54, 1.807) is 6.92 Å². The van der Waals surface area contributed by atoms with Crippen molar-refractivity contribution in [2.75, 3.05) is 13.1 Å². The van der Waals surface area contributed by atoms with Crippen molar-refractivity contribution in [3.63, 3.8) is 0 Å². The molecule has 0 heterocycles. The largest absolute Gasteiger partial charge is 0.355 e. The van der Waals surface area contributed by atoms with Crippen LogP contribution in [0.15, 0.2) is 0 Å². The highest BCUT2D eigenvalue weighted by atomic mass is 16.2. The Morgan fingerprint density at radius 3 is 2.19 bits per heavy atom. The molecule has 2 atom stereocenters. The maximum absolute atomic E-state index is 11.8. The molecule has 94 valence electrons. The first-order valence-corrected chi connectivity index (χ1v) is 5.90. The summed E-state index contributed by atoms with van der Waals surface area (Å²) in [6, 6.07) is 0. The first-order chi connectivity index (χ1) is 7.40. The minimum absolute atomic E-state index is 0.0183. The minimum atomic E-state index is -0.264. The second-order valence-electron chi connectivity index (χ2n) is 4.68. The summed E-state index contributed by atoms with van der Waals surface area (Å²) < 4.78 is 0. The second-order valence-corrected chi connectivity index (χ2v) is 4.68. The molecule has 0 radical (unpaired) electrons. The number of hydrogen-bond acceptors (Lipinski definition) is 3. The van der Waals surface area contributed by atoms with Crippen LogP contribution in [-0.2, 0) is 9.59 Å². The van der Waals surface area contributed by atoms with Crippen LogP contribution in [-0.4, -0.2) is 24.8 Å². The summed E-state index contributed by atoms with van der Waals surface area (Å²) in [5, 5.41) is 2.69. The van der Waals surface area contributed by atoms with Gasteiger partial charge in [-0.05, 0) is 5.92 Å². The standard InChI is InChI=1S/C12H24N2O2/c1-8(2)10(4)11(15)7-9(3)12(16)14-6-5-13/h8-10H,5-7,13H2,1-4H3,(H,14,16)/t9-,10+/m1/s1. The molecule has 16 heavy (non-hydrogen) atoms. The fourth-order valence-electron chi connectivity index (χ4n) is 1.32. The van der Waals surface area contributed by atoms with Gasteiger partial charge in [0.1, 0.15) is 5.78 Å². The van der Waals surface area contributed by atoms with Crippen LogP contribution in [0, 0.1) is 17.8 Å². The van der Waals surface area contributed by atoms with Crippen LogP contribution in [0.5, 0.6) is 0 Å². The molecule has 0 bridgehead atoms. The molecule has 0 saturated carbocycles. The third-order valence-electron chi connectivity index (χ3n) is 2.91. The van der Waals surface area contributed by atoms with Gasteiger partial charge in [0.05, 0.1) is 0 Å². The lowest BCUT2D eigenvalue weighted by Gasteiger charge is -2.17. The Bertz CT molecular complexity index is 239. The van der Waals surface area contributed by atoms with E-state index in [1.807, 2.05) is 20.8 Å². The van der Waals surface area contributed by atoms with E-state index in [0.717, 1.165) is 0 Å². The molecular weight excluding hydrogens is 204 g/mol. The maximum atomic E-state index is 11.8. The highest BCUT2D eigenvalue weighted by molar-refractivity contribution is 5.87. The quantitative estimate of drug-likeness (QED) is 0.681. The second kappa shape index (κ2) is 7.39. The normalized spacial score (nSPS) is 14.6.